The van der Waals surface area contributed by atoms with Crippen LogP contribution in [-0.4, -0.2) is 18.4 Å². The summed E-state index contributed by atoms with van der Waals surface area (Å²) < 4.78 is 22.2. The van der Waals surface area contributed by atoms with Crippen molar-refractivity contribution in [3.63, 3.8) is 0 Å². The lowest BCUT2D eigenvalue weighted by atomic mass is 10.1. The zero-order valence-corrected chi connectivity index (χ0v) is 15.0. The summed E-state index contributed by atoms with van der Waals surface area (Å²) in [7, 11) is -3.50. The number of hydrogen-bond acceptors (Lipinski definition) is 6. The molecule has 3 rings (SSSR count). The van der Waals surface area contributed by atoms with E-state index in [4.69, 9.17) is 5.14 Å². The van der Waals surface area contributed by atoms with Crippen molar-refractivity contribution in [1.82, 2.24) is 9.97 Å². The van der Waals surface area contributed by atoms with E-state index in [0.717, 1.165) is 21.6 Å². The highest BCUT2D eigenvalue weighted by atomic mass is 32.2. The van der Waals surface area contributed by atoms with Gasteiger partial charge in [0.15, 0.2) is 0 Å². The lowest BCUT2D eigenvalue weighted by Crippen LogP contribution is -2.14. The van der Waals surface area contributed by atoms with Gasteiger partial charge in [0.05, 0.1) is 11.1 Å². The monoisotopic (exact) mass is 362 g/mol. The number of benzene rings is 1. The Hall–Kier alpha value is -2.03. The predicted molar refractivity (Wildman–Crippen MR) is 97.5 cm³/mol. The van der Waals surface area contributed by atoms with Gasteiger partial charge < -0.3 is 5.32 Å². The molecule has 24 heavy (non-hydrogen) atoms. The largest absolute Gasteiger partial charge is 0.365 e. The van der Waals surface area contributed by atoms with Crippen LogP contribution in [0.4, 0.5) is 5.82 Å². The molecule has 0 fully saturated rings. The van der Waals surface area contributed by atoms with E-state index in [-0.39, 0.29) is 5.75 Å². The van der Waals surface area contributed by atoms with Gasteiger partial charge >= 0.3 is 0 Å². The molecule has 1 aromatic carbocycles. The first-order valence-electron chi connectivity index (χ1n) is 7.36. The summed E-state index contributed by atoms with van der Waals surface area (Å²) in [4.78, 5) is 10.9. The standard InChI is InChI=1S/C16H18N4O2S2/c1-10-11(2)23-16-14(10)15(19-9-20-16)18-7-12-3-5-13(6-4-12)8-24(17,21)22/h3-6,9H,7-8H2,1-2H3,(H2,17,21,22)(H,18,19,20). The maximum atomic E-state index is 11.1. The Morgan fingerprint density at radius 3 is 2.46 bits per heavy atom. The fourth-order valence-electron chi connectivity index (χ4n) is 2.49. The van der Waals surface area contributed by atoms with Crippen molar-refractivity contribution in [3.8, 4) is 0 Å². The summed E-state index contributed by atoms with van der Waals surface area (Å²) in [5.74, 6) is 0.663. The second-order valence-corrected chi connectivity index (χ2v) is 8.48. The van der Waals surface area contributed by atoms with Crippen LogP contribution < -0.4 is 10.5 Å². The third kappa shape index (κ3) is 3.72. The van der Waals surface area contributed by atoms with Gasteiger partial charge in [-0.3, -0.25) is 0 Å². The van der Waals surface area contributed by atoms with Gasteiger partial charge in [-0.25, -0.2) is 23.5 Å². The van der Waals surface area contributed by atoms with Crippen LogP contribution in [0.15, 0.2) is 30.6 Å². The SMILES string of the molecule is Cc1sc2ncnc(NCc3ccc(CS(N)(=O)=O)cc3)c2c1C. The molecule has 8 heteroatoms. The van der Waals surface area contributed by atoms with Crippen LogP contribution in [0.3, 0.4) is 0 Å². The number of hydrogen-bond donors (Lipinski definition) is 2. The van der Waals surface area contributed by atoms with E-state index in [1.54, 1.807) is 29.8 Å². The number of sulfonamides is 1. The van der Waals surface area contributed by atoms with Gasteiger partial charge in [0.1, 0.15) is 17.0 Å². The normalized spacial score (nSPS) is 11.8. The van der Waals surface area contributed by atoms with Crippen LogP contribution in [0.25, 0.3) is 10.2 Å². The Kier molecular flexibility index (Phi) is 4.53. The van der Waals surface area contributed by atoms with Crippen molar-refractivity contribution in [2.24, 2.45) is 5.14 Å². The molecular weight excluding hydrogens is 344 g/mol. The molecule has 2 heterocycles. The van der Waals surface area contributed by atoms with Gasteiger partial charge in [-0.1, -0.05) is 24.3 Å². The number of rotatable bonds is 5. The van der Waals surface area contributed by atoms with Gasteiger partial charge in [0.25, 0.3) is 0 Å². The zero-order valence-electron chi connectivity index (χ0n) is 13.4. The van der Waals surface area contributed by atoms with E-state index in [1.165, 1.54) is 10.4 Å². The second kappa shape index (κ2) is 6.46. The molecule has 126 valence electrons. The molecule has 0 bridgehead atoms. The number of nitrogens with one attached hydrogen (secondary N) is 1. The van der Waals surface area contributed by atoms with Gasteiger partial charge in [-0.15, -0.1) is 11.3 Å². The Labute approximate surface area is 144 Å². The first-order valence-corrected chi connectivity index (χ1v) is 9.89. The smallest absolute Gasteiger partial charge is 0.213 e. The molecule has 0 spiro atoms. The molecule has 0 saturated carbocycles. The molecule has 0 aliphatic rings. The summed E-state index contributed by atoms with van der Waals surface area (Å²) in [5, 5.41) is 9.46. The van der Waals surface area contributed by atoms with Crippen LogP contribution >= 0.6 is 11.3 Å². The quantitative estimate of drug-likeness (QED) is 0.727. The fourth-order valence-corrected chi connectivity index (χ4v) is 4.14. The highest BCUT2D eigenvalue weighted by Crippen LogP contribution is 2.32. The number of aromatic nitrogens is 2. The number of nitrogens with zero attached hydrogens (tertiary/aromatic N) is 2. The van der Waals surface area contributed by atoms with Crippen LogP contribution in [-0.2, 0) is 22.3 Å². The lowest BCUT2D eigenvalue weighted by molar-refractivity contribution is 0.597. The summed E-state index contributed by atoms with van der Waals surface area (Å²) >= 11 is 1.66. The lowest BCUT2D eigenvalue weighted by Gasteiger charge is -2.08. The van der Waals surface area contributed by atoms with Gasteiger partial charge in [-0.05, 0) is 30.5 Å². The van der Waals surface area contributed by atoms with Crippen molar-refractivity contribution in [2.45, 2.75) is 26.1 Å². The van der Waals surface area contributed by atoms with E-state index in [0.29, 0.717) is 12.1 Å². The Balaban J connectivity index is 1.77. The van der Waals surface area contributed by atoms with Crippen LogP contribution in [0.2, 0.25) is 0 Å². The van der Waals surface area contributed by atoms with Gasteiger partial charge in [0, 0.05) is 11.4 Å². The molecule has 3 aromatic rings. The van der Waals surface area contributed by atoms with Crippen molar-refractivity contribution >= 4 is 37.4 Å². The molecule has 6 nitrogen and oxygen atoms in total. The molecule has 0 aliphatic heterocycles. The average molecular weight is 362 g/mol. The third-order valence-electron chi connectivity index (χ3n) is 3.82. The fraction of sp³-hybridized carbons (Fsp3) is 0.250. The predicted octanol–water partition coefficient (Wildman–Crippen LogP) is 2.71. The molecule has 3 N–H and O–H groups in total. The van der Waals surface area contributed by atoms with Crippen molar-refractivity contribution < 1.29 is 8.42 Å². The van der Waals surface area contributed by atoms with Crippen LogP contribution in [0.5, 0.6) is 0 Å². The first kappa shape index (κ1) is 16.8. The number of anilines is 1. The van der Waals surface area contributed by atoms with Crippen molar-refractivity contribution in [2.75, 3.05) is 5.32 Å². The van der Waals surface area contributed by atoms with Crippen molar-refractivity contribution in [3.05, 3.63) is 52.2 Å². The minimum atomic E-state index is -3.50. The van der Waals surface area contributed by atoms with Gasteiger partial charge in [0.2, 0.25) is 10.0 Å². The number of nitrogens with two attached hydrogens (primary N) is 1. The first-order chi connectivity index (χ1) is 11.3. The zero-order chi connectivity index (χ0) is 17.3. The minimum Gasteiger partial charge on any atom is -0.365 e. The molecule has 0 unspecified atom stereocenters. The summed E-state index contributed by atoms with van der Waals surface area (Å²) in [6.45, 7) is 4.75. The van der Waals surface area contributed by atoms with E-state index in [9.17, 15) is 8.42 Å². The molecule has 0 aliphatic carbocycles. The number of primary sulfonamides is 1. The maximum absolute atomic E-state index is 11.1. The van der Waals surface area contributed by atoms with Crippen LogP contribution in [0, 0.1) is 13.8 Å². The van der Waals surface area contributed by atoms with E-state index in [1.807, 2.05) is 12.1 Å². The highest BCUT2D eigenvalue weighted by molar-refractivity contribution is 7.88. The molecule has 2 aromatic heterocycles. The molecule has 0 saturated heterocycles. The highest BCUT2D eigenvalue weighted by Gasteiger charge is 2.11. The van der Waals surface area contributed by atoms with Gasteiger partial charge in [-0.2, -0.15) is 0 Å². The molecule has 0 radical (unpaired) electrons. The average Bonchev–Trinajstić information content (AvgIpc) is 2.80. The van der Waals surface area contributed by atoms with E-state index >= 15 is 0 Å². The third-order valence-corrected chi connectivity index (χ3v) is 5.67. The summed E-state index contributed by atoms with van der Waals surface area (Å²) in [5.41, 5.74) is 2.90. The summed E-state index contributed by atoms with van der Waals surface area (Å²) in [6, 6.07) is 7.32. The van der Waals surface area contributed by atoms with E-state index in [2.05, 4.69) is 29.1 Å². The molecule has 0 atom stereocenters. The Bertz CT molecular complexity index is 979. The molecular formula is C16H18N4O2S2. The van der Waals surface area contributed by atoms with Crippen LogP contribution in [0.1, 0.15) is 21.6 Å². The summed E-state index contributed by atoms with van der Waals surface area (Å²) in [6.07, 6.45) is 1.56. The number of fused-ring (bicyclic) bond motifs is 1. The number of thiophene rings is 1. The van der Waals surface area contributed by atoms with E-state index < -0.39 is 10.0 Å². The Morgan fingerprint density at radius 1 is 1.12 bits per heavy atom. The number of aryl methyl sites for hydroxylation is 2. The molecule has 0 amide bonds. The Morgan fingerprint density at radius 2 is 1.79 bits per heavy atom. The minimum absolute atomic E-state index is 0.152. The second-order valence-electron chi connectivity index (χ2n) is 5.66. The maximum Gasteiger partial charge on any atom is 0.213 e. The van der Waals surface area contributed by atoms with Crippen molar-refractivity contribution in [1.29, 1.82) is 0 Å². The topological polar surface area (TPSA) is 98.0 Å².